The highest BCUT2D eigenvalue weighted by Crippen LogP contribution is 2.15. The SMILES string of the molecule is ClB(Cl)CN[Si](Cl)(Cl)Cl. The van der Waals surface area contributed by atoms with Crippen LogP contribution in [0.15, 0.2) is 0 Å². The molecule has 1 nitrogen and oxygen atoms in total. The van der Waals surface area contributed by atoms with Gasteiger partial charge in [-0.3, -0.25) is 0 Å². The highest BCUT2D eigenvalue weighted by molar-refractivity contribution is 7.63. The summed E-state index contributed by atoms with van der Waals surface area (Å²) >= 11 is 26.9. The lowest BCUT2D eigenvalue weighted by Gasteiger charge is -2.07. The quantitative estimate of drug-likeness (QED) is 0.594. The second-order valence-corrected chi connectivity index (χ2v) is 10.7. The van der Waals surface area contributed by atoms with Crippen molar-refractivity contribution in [3.63, 3.8) is 0 Å². The van der Waals surface area contributed by atoms with Gasteiger partial charge in [0, 0.05) is 6.44 Å². The van der Waals surface area contributed by atoms with Gasteiger partial charge in [0.15, 0.2) is 0 Å². The summed E-state index contributed by atoms with van der Waals surface area (Å²) in [6.45, 7) is 0. The maximum absolute atomic E-state index is 5.42. The molecule has 0 aliphatic rings. The Kier molecular flexibility index (Phi) is 5.40. The van der Waals surface area contributed by atoms with Crippen LogP contribution in [0.3, 0.4) is 0 Å². The number of rotatable bonds is 3. The molecule has 0 rings (SSSR count). The minimum atomic E-state index is -2.72. The van der Waals surface area contributed by atoms with Gasteiger partial charge in [-0.25, -0.2) is 0 Å². The van der Waals surface area contributed by atoms with E-state index >= 15 is 0 Å². The lowest BCUT2D eigenvalue weighted by atomic mass is 10.1. The Morgan fingerprint density at radius 2 is 1.67 bits per heavy atom. The first-order chi connectivity index (χ1) is 3.92. The van der Waals surface area contributed by atoms with E-state index in [1.165, 1.54) is 0 Å². The molecule has 0 aliphatic carbocycles. The molecule has 0 amide bonds. The minimum Gasteiger partial charge on any atom is -0.305 e. The molecule has 1 N–H and O–H groups in total. The molecule has 0 saturated carbocycles. The lowest BCUT2D eigenvalue weighted by Crippen LogP contribution is -2.38. The van der Waals surface area contributed by atoms with Crippen LogP contribution in [-0.2, 0) is 0 Å². The second-order valence-electron chi connectivity index (χ2n) is 1.27. The summed E-state index contributed by atoms with van der Waals surface area (Å²) in [6, 6.07) is 0. The van der Waals surface area contributed by atoms with Crippen molar-refractivity contribution in [2.24, 2.45) is 0 Å². The summed E-state index contributed by atoms with van der Waals surface area (Å²) in [7, 11) is 0. The molecule has 0 heterocycles. The summed E-state index contributed by atoms with van der Waals surface area (Å²) in [4.78, 5) is 2.59. The Morgan fingerprint density at radius 1 is 1.22 bits per heavy atom. The van der Waals surface area contributed by atoms with Crippen LogP contribution in [0.1, 0.15) is 0 Å². The smallest absolute Gasteiger partial charge is 0.305 e. The molecule has 0 unspecified atom stereocenters. The largest absolute Gasteiger partial charge is 0.421 e. The van der Waals surface area contributed by atoms with Crippen LogP contribution in [0.4, 0.5) is 0 Å². The Morgan fingerprint density at radius 3 is 1.78 bits per heavy atom. The highest BCUT2D eigenvalue weighted by Gasteiger charge is 2.25. The van der Waals surface area contributed by atoms with Gasteiger partial charge in [-0.1, -0.05) is 0 Å². The molecular formula is CH3BCl5NSi. The maximum Gasteiger partial charge on any atom is 0.421 e. The van der Waals surface area contributed by atoms with Crippen molar-refractivity contribution in [1.29, 1.82) is 0 Å². The first-order valence-corrected chi connectivity index (χ1v) is 7.92. The molecular weight excluding hydrogens is 242 g/mol. The normalized spacial score (nSPS) is 11.7. The van der Waals surface area contributed by atoms with Crippen LogP contribution in [0.5, 0.6) is 0 Å². The molecule has 9 heavy (non-hydrogen) atoms. The lowest BCUT2D eigenvalue weighted by molar-refractivity contribution is 1.17. The van der Waals surface area contributed by atoms with E-state index in [9.17, 15) is 0 Å². The maximum atomic E-state index is 5.42. The van der Waals surface area contributed by atoms with Crippen molar-refractivity contribution in [1.82, 2.24) is 4.98 Å². The third-order valence-corrected chi connectivity index (χ3v) is 2.57. The Hall–Kier alpha value is 1.69. The van der Waals surface area contributed by atoms with Crippen molar-refractivity contribution < 1.29 is 0 Å². The van der Waals surface area contributed by atoms with Gasteiger partial charge in [-0.15, -0.1) is 33.2 Å². The molecule has 0 aromatic rings. The summed E-state index contributed by atoms with van der Waals surface area (Å²) in [5, 5.41) is 0. The first-order valence-electron chi connectivity index (χ1n) is 2.02. The monoisotopic (exact) mass is 243 g/mol. The van der Waals surface area contributed by atoms with Crippen LogP contribution in [0, 0.1) is 0 Å². The van der Waals surface area contributed by atoms with E-state index < -0.39 is 11.7 Å². The topological polar surface area (TPSA) is 12.0 Å². The molecule has 0 spiro atoms. The van der Waals surface area contributed by atoms with E-state index in [-0.39, 0.29) is 0 Å². The zero-order valence-corrected chi connectivity index (χ0v) is 8.95. The van der Waals surface area contributed by atoms with Gasteiger partial charge >= 0.3 is 11.7 Å². The summed E-state index contributed by atoms with van der Waals surface area (Å²) in [5.41, 5.74) is -0.520. The van der Waals surface area contributed by atoms with E-state index in [1.807, 2.05) is 0 Å². The van der Waals surface area contributed by atoms with Gasteiger partial charge in [0.25, 0.3) is 0 Å². The fraction of sp³-hybridized carbons (Fsp3) is 1.00. The van der Waals surface area contributed by atoms with Crippen molar-refractivity contribution in [2.75, 3.05) is 6.44 Å². The van der Waals surface area contributed by atoms with Crippen LogP contribution >= 0.6 is 56.2 Å². The molecule has 0 aromatic carbocycles. The van der Waals surface area contributed by atoms with Gasteiger partial charge in [-0.2, -0.15) is 22.9 Å². The van der Waals surface area contributed by atoms with Crippen LogP contribution in [0.2, 0.25) is 0 Å². The zero-order valence-electron chi connectivity index (χ0n) is 4.17. The van der Waals surface area contributed by atoms with Gasteiger partial charge in [0.05, 0.1) is 0 Å². The fourth-order valence-corrected chi connectivity index (χ4v) is 1.74. The average Bonchev–Trinajstić information content (AvgIpc) is 1.59. The molecule has 8 heteroatoms. The van der Waals surface area contributed by atoms with Crippen molar-refractivity contribution >= 4 is 67.9 Å². The van der Waals surface area contributed by atoms with Crippen molar-refractivity contribution in [2.45, 2.75) is 0 Å². The predicted octanol–water partition coefficient (Wildman–Crippen LogP) is 2.23. The van der Waals surface area contributed by atoms with Gasteiger partial charge in [0.1, 0.15) is 0 Å². The fourth-order valence-electron chi connectivity index (χ4n) is 0.193. The van der Waals surface area contributed by atoms with Gasteiger partial charge in [0.2, 0.25) is 0 Å². The van der Waals surface area contributed by atoms with Crippen LogP contribution in [0.25, 0.3) is 0 Å². The molecule has 0 bridgehead atoms. The second kappa shape index (κ2) is 4.55. The van der Waals surface area contributed by atoms with Gasteiger partial charge in [-0.05, 0) is 0 Å². The summed E-state index contributed by atoms with van der Waals surface area (Å²) < 4.78 is 0. The molecule has 0 atom stereocenters. The number of hydrogen-bond donors (Lipinski definition) is 1. The zero-order chi connectivity index (χ0) is 7.49. The molecule has 0 fully saturated rings. The Labute approximate surface area is 79.0 Å². The van der Waals surface area contributed by atoms with Crippen LogP contribution in [-0.4, -0.2) is 18.2 Å². The number of hydrogen-bond acceptors (Lipinski definition) is 1. The predicted molar refractivity (Wildman–Crippen MR) is 48.8 cm³/mol. The van der Waals surface area contributed by atoms with E-state index in [2.05, 4.69) is 4.98 Å². The third-order valence-electron chi connectivity index (χ3n) is 0.457. The number of halogens is 5. The molecule has 0 aromatic heterocycles. The van der Waals surface area contributed by atoms with E-state index in [4.69, 9.17) is 56.2 Å². The van der Waals surface area contributed by atoms with E-state index in [0.29, 0.717) is 6.44 Å². The Balaban J connectivity index is 3.28. The van der Waals surface area contributed by atoms with Crippen LogP contribution < -0.4 is 4.98 Å². The summed E-state index contributed by atoms with van der Waals surface area (Å²) in [5.74, 6) is 0. The molecule has 54 valence electrons. The molecule has 0 saturated heterocycles. The first kappa shape index (κ1) is 10.7. The third kappa shape index (κ3) is 9.69. The average molecular weight is 245 g/mol. The van der Waals surface area contributed by atoms with E-state index in [0.717, 1.165) is 0 Å². The van der Waals surface area contributed by atoms with Gasteiger partial charge < -0.3 is 4.98 Å². The van der Waals surface area contributed by atoms with E-state index in [1.54, 1.807) is 0 Å². The molecule has 0 aliphatic heterocycles. The number of nitrogens with one attached hydrogen (secondary N) is 1. The highest BCUT2D eigenvalue weighted by atomic mass is 35.8. The van der Waals surface area contributed by atoms with Crippen molar-refractivity contribution in [3.8, 4) is 0 Å². The molecule has 0 radical (unpaired) electrons. The summed E-state index contributed by atoms with van der Waals surface area (Å²) in [6.07, 6.45) is -2.41. The van der Waals surface area contributed by atoms with Crippen molar-refractivity contribution in [3.05, 3.63) is 0 Å². The Bertz CT molecular complexity index is 81.5. The minimum absolute atomic E-state index is 0.311. The standard InChI is InChI=1S/CH3BCl5NSi/c3-2(4)1-8-9(5,6)7/h8H,1H2.